The summed E-state index contributed by atoms with van der Waals surface area (Å²) in [4.78, 5) is 27.2. The van der Waals surface area contributed by atoms with Gasteiger partial charge in [0, 0.05) is 24.3 Å². The van der Waals surface area contributed by atoms with E-state index in [1.54, 1.807) is 11.3 Å². The number of amides is 1. The summed E-state index contributed by atoms with van der Waals surface area (Å²) in [6, 6.07) is 0. The third kappa shape index (κ3) is 3.36. The number of rotatable bonds is 6. The molecule has 1 saturated carbocycles. The summed E-state index contributed by atoms with van der Waals surface area (Å²) in [7, 11) is 0. The van der Waals surface area contributed by atoms with Gasteiger partial charge in [-0.15, -0.1) is 11.3 Å². The number of carboxylic acids is 1. The SMILES string of the molecule is CC(C)c1nc(CCNC(=O)C2CCC2C(=O)O)cs1. The summed E-state index contributed by atoms with van der Waals surface area (Å²) < 4.78 is 0. The van der Waals surface area contributed by atoms with Crippen molar-refractivity contribution < 1.29 is 14.7 Å². The van der Waals surface area contributed by atoms with Crippen molar-refractivity contribution in [1.29, 1.82) is 0 Å². The zero-order chi connectivity index (χ0) is 14.7. The number of aromatic nitrogens is 1. The van der Waals surface area contributed by atoms with E-state index >= 15 is 0 Å². The molecule has 1 aliphatic carbocycles. The minimum Gasteiger partial charge on any atom is -0.481 e. The molecule has 110 valence electrons. The van der Waals surface area contributed by atoms with Gasteiger partial charge < -0.3 is 10.4 Å². The van der Waals surface area contributed by atoms with Crippen LogP contribution in [0.25, 0.3) is 0 Å². The number of thiazole rings is 1. The number of aliphatic carboxylic acids is 1. The molecule has 0 radical (unpaired) electrons. The van der Waals surface area contributed by atoms with Gasteiger partial charge >= 0.3 is 5.97 Å². The van der Waals surface area contributed by atoms with Gasteiger partial charge in [-0.05, 0) is 12.8 Å². The number of hydrogen-bond acceptors (Lipinski definition) is 4. The summed E-state index contributed by atoms with van der Waals surface area (Å²) in [5.41, 5.74) is 0.988. The average molecular weight is 296 g/mol. The van der Waals surface area contributed by atoms with E-state index in [0.717, 1.165) is 10.7 Å². The molecule has 20 heavy (non-hydrogen) atoms. The molecule has 2 unspecified atom stereocenters. The largest absolute Gasteiger partial charge is 0.481 e. The summed E-state index contributed by atoms with van der Waals surface area (Å²) in [5.74, 6) is -1.42. The van der Waals surface area contributed by atoms with Crippen molar-refractivity contribution in [2.45, 2.75) is 39.0 Å². The van der Waals surface area contributed by atoms with Gasteiger partial charge in [-0.1, -0.05) is 13.8 Å². The first-order valence-electron chi connectivity index (χ1n) is 6.94. The maximum absolute atomic E-state index is 11.9. The lowest BCUT2D eigenvalue weighted by molar-refractivity contribution is -0.152. The lowest BCUT2D eigenvalue weighted by atomic mass is 9.73. The first-order chi connectivity index (χ1) is 9.49. The highest BCUT2D eigenvalue weighted by Gasteiger charge is 2.41. The molecule has 0 spiro atoms. The summed E-state index contributed by atoms with van der Waals surface area (Å²) in [6.07, 6.45) is 1.98. The van der Waals surface area contributed by atoms with Crippen LogP contribution in [0.2, 0.25) is 0 Å². The third-order valence-electron chi connectivity index (χ3n) is 3.67. The fourth-order valence-electron chi connectivity index (χ4n) is 2.26. The Balaban J connectivity index is 1.75. The number of nitrogens with one attached hydrogen (secondary N) is 1. The molecule has 2 N–H and O–H groups in total. The van der Waals surface area contributed by atoms with E-state index in [9.17, 15) is 9.59 Å². The Morgan fingerprint density at radius 1 is 1.45 bits per heavy atom. The number of nitrogens with zero attached hydrogens (tertiary/aromatic N) is 1. The van der Waals surface area contributed by atoms with Crippen LogP contribution in [-0.2, 0) is 16.0 Å². The van der Waals surface area contributed by atoms with Gasteiger partial charge in [-0.25, -0.2) is 4.98 Å². The minimum absolute atomic E-state index is 0.136. The van der Waals surface area contributed by atoms with Crippen molar-refractivity contribution in [3.05, 3.63) is 16.1 Å². The highest BCUT2D eigenvalue weighted by molar-refractivity contribution is 7.09. The number of carbonyl (C=O) groups is 2. The molecule has 5 nitrogen and oxygen atoms in total. The fraction of sp³-hybridized carbons (Fsp3) is 0.643. The molecule has 1 aromatic heterocycles. The summed E-state index contributed by atoms with van der Waals surface area (Å²) >= 11 is 1.64. The molecule has 1 amide bonds. The van der Waals surface area contributed by atoms with E-state index < -0.39 is 11.9 Å². The highest BCUT2D eigenvalue weighted by Crippen LogP contribution is 2.34. The smallest absolute Gasteiger partial charge is 0.307 e. The Bertz CT molecular complexity index is 498. The van der Waals surface area contributed by atoms with E-state index in [-0.39, 0.29) is 11.8 Å². The predicted octanol–water partition coefficient (Wildman–Crippen LogP) is 2.04. The molecule has 2 rings (SSSR count). The molecular formula is C14H20N2O3S. The van der Waals surface area contributed by atoms with Crippen LogP contribution >= 0.6 is 11.3 Å². The van der Waals surface area contributed by atoms with Crippen molar-refractivity contribution in [2.75, 3.05) is 6.54 Å². The zero-order valence-electron chi connectivity index (χ0n) is 11.8. The van der Waals surface area contributed by atoms with Crippen LogP contribution in [0.5, 0.6) is 0 Å². The second-order valence-corrected chi connectivity index (χ2v) is 6.39. The predicted molar refractivity (Wildman–Crippen MR) is 76.8 cm³/mol. The Morgan fingerprint density at radius 2 is 2.15 bits per heavy atom. The molecule has 0 saturated heterocycles. The molecule has 1 heterocycles. The van der Waals surface area contributed by atoms with Gasteiger partial charge in [0.05, 0.1) is 22.5 Å². The van der Waals surface area contributed by atoms with Crippen molar-refractivity contribution in [3.63, 3.8) is 0 Å². The molecule has 2 atom stereocenters. The minimum atomic E-state index is -0.863. The standard InChI is InChI=1S/C14H20N2O3S/c1-8(2)13-16-9(7-20-13)5-6-15-12(17)10-3-4-11(10)14(18)19/h7-8,10-11H,3-6H2,1-2H3,(H,15,17)(H,18,19). The highest BCUT2D eigenvalue weighted by atomic mass is 32.1. The second-order valence-electron chi connectivity index (χ2n) is 5.50. The van der Waals surface area contributed by atoms with Crippen LogP contribution in [-0.4, -0.2) is 28.5 Å². The van der Waals surface area contributed by atoms with Crippen molar-refractivity contribution in [2.24, 2.45) is 11.8 Å². The number of hydrogen-bond donors (Lipinski definition) is 2. The monoisotopic (exact) mass is 296 g/mol. The quantitative estimate of drug-likeness (QED) is 0.842. The molecule has 1 fully saturated rings. The van der Waals surface area contributed by atoms with Gasteiger partial charge in [-0.3, -0.25) is 9.59 Å². The Morgan fingerprint density at radius 3 is 2.65 bits per heavy atom. The van der Waals surface area contributed by atoms with Gasteiger partial charge in [0.1, 0.15) is 0 Å². The van der Waals surface area contributed by atoms with Crippen LogP contribution in [0.15, 0.2) is 5.38 Å². The lowest BCUT2D eigenvalue weighted by Crippen LogP contribution is -2.44. The lowest BCUT2D eigenvalue weighted by Gasteiger charge is -2.31. The number of carbonyl (C=O) groups excluding carboxylic acids is 1. The summed E-state index contributed by atoms with van der Waals surface area (Å²) in [6.45, 7) is 4.73. The van der Waals surface area contributed by atoms with Gasteiger partial charge in [-0.2, -0.15) is 0 Å². The van der Waals surface area contributed by atoms with E-state index in [4.69, 9.17) is 5.11 Å². The van der Waals surface area contributed by atoms with E-state index in [2.05, 4.69) is 24.1 Å². The van der Waals surface area contributed by atoms with E-state index in [1.807, 2.05) is 5.38 Å². The Labute approximate surface area is 122 Å². The molecule has 0 aliphatic heterocycles. The average Bonchev–Trinajstić information content (AvgIpc) is 2.75. The van der Waals surface area contributed by atoms with Crippen LogP contribution in [0, 0.1) is 11.8 Å². The van der Waals surface area contributed by atoms with E-state index in [1.165, 1.54) is 0 Å². The fourth-order valence-corrected chi connectivity index (χ4v) is 3.13. The molecular weight excluding hydrogens is 276 g/mol. The third-order valence-corrected chi connectivity index (χ3v) is 4.87. The van der Waals surface area contributed by atoms with Crippen LogP contribution in [0.3, 0.4) is 0 Å². The molecule has 1 aliphatic rings. The molecule has 0 aromatic carbocycles. The van der Waals surface area contributed by atoms with Gasteiger partial charge in [0.2, 0.25) is 5.91 Å². The van der Waals surface area contributed by atoms with Crippen LogP contribution in [0.1, 0.15) is 43.3 Å². The topological polar surface area (TPSA) is 79.3 Å². The number of carboxylic acid groups (broad SMARTS) is 1. The normalized spacial score (nSPS) is 21.6. The molecule has 0 bridgehead atoms. The maximum atomic E-state index is 11.9. The Hall–Kier alpha value is -1.43. The van der Waals surface area contributed by atoms with Gasteiger partial charge in [0.25, 0.3) is 0 Å². The first kappa shape index (κ1) is 15.0. The van der Waals surface area contributed by atoms with Gasteiger partial charge in [0.15, 0.2) is 0 Å². The second kappa shape index (κ2) is 6.35. The molecule has 1 aromatic rings. The van der Waals surface area contributed by atoms with E-state index in [0.29, 0.717) is 31.7 Å². The molecule has 6 heteroatoms. The van der Waals surface area contributed by atoms with Crippen molar-refractivity contribution in [1.82, 2.24) is 10.3 Å². The summed E-state index contributed by atoms with van der Waals surface area (Å²) in [5, 5.41) is 14.9. The zero-order valence-corrected chi connectivity index (χ0v) is 12.6. The van der Waals surface area contributed by atoms with Crippen LogP contribution in [0.4, 0.5) is 0 Å². The van der Waals surface area contributed by atoms with Crippen LogP contribution < -0.4 is 5.32 Å². The van der Waals surface area contributed by atoms with Crippen molar-refractivity contribution in [3.8, 4) is 0 Å². The maximum Gasteiger partial charge on any atom is 0.307 e. The Kier molecular flexibility index (Phi) is 4.75. The van der Waals surface area contributed by atoms with Crippen molar-refractivity contribution >= 4 is 23.2 Å². The first-order valence-corrected chi connectivity index (χ1v) is 7.81.